The Kier molecular flexibility index (Phi) is 6.09. The van der Waals surface area contributed by atoms with Crippen molar-refractivity contribution in [2.75, 3.05) is 25.7 Å². The van der Waals surface area contributed by atoms with Crippen LogP contribution in [-0.2, 0) is 0 Å². The normalized spacial score (nSPS) is 16.9. The summed E-state index contributed by atoms with van der Waals surface area (Å²) in [6.45, 7) is 3.30. The van der Waals surface area contributed by atoms with E-state index in [1.807, 2.05) is 61.5 Å². The summed E-state index contributed by atoms with van der Waals surface area (Å²) in [5.41, 5.74) is 8.18. The highest BCUT2D eigenvalue weighted by molar-refractivity contribution is 6.51. The zero-order valence-corrected chi connectivity index (χ0v) is 17.2. The van der Waals surface area contributed by atoms with Crippen molar-refractivity contribution in [3.8, 4) is 11.5 Å². The van der Waals surface area contributed by atoms with Crippen LogP contribution in [0, 0.1) is 0 Å². The molecule has 1 aliphatic heterocycles. The highest BCUT2D eigenvalue weighted by Crippen LogP contribution is 2.27. The number of nitrogens with zero attached hydrogens (tertiary/aromatic N) is 2. The molecule has 1 atom stereocenters. The van der Waals surface area contributed by atoms with Crippen LogP contribution in [0.25, 0.3) is 0 Å². The zero-order chi connectivity index (χ0) is 20.8. The largest absolute Gasteiger partial charge is 0.497 e. The van der Waals surface area contributed by atoms with Gasteiger partial charge in [-0.2, -0.15) is 5.10 Å². The lowest BCUT2D eigenvalue weighted by molar-refractivity contribution is 0.340. The smallest absolute Gasteiger partial charge is 0.119 e. The second-order valence-corrected chi connectivity index (χ2v) is 6.95. The van der Waals surface area contributed by atoms with E-state index in [0.29, 0.717) is 13.2 Å². The van der Waals surface area contributed by atoms with Gasteiger partial charge in [-0.1, -0.05) is 30.3 Å². The van der Waals surface area contributed by atoms with E-state index in [9.17, 15) is 0 Å². The molecule has 1 aliphatic rings. The third kappa shape index (κ3) is 4.35. The molecule has 0 aromatic heterocycles. The van der Waals surface area contributed by atoms with Gasteiger partial charge in [0.1, 0.15) is 11.5 Å². The Morgan fingerprint density at radius 3 is 2.30 bits per heavy atom. The van der Waals surface area contributed by atoms with Gasteiger partial charge in [-0.05, 0) is 61.0 Å². The van der Waals surface area contributed by atoms with E-state index in [2.05, 4.69) is 29.7 Å². The van der Waals surface area contributed by atoms with Gasteiger partial charge in [0.15, 0.2) is 0 Å². The van der Waals surface area contributed by atoms with Crippen LogP contribution in [0.3, 0.4) is 0 Å². The summed E-state index contributed by atoms with van der Waals surface area (Å²) < 4.78 is 10.8. The average molecular weight is 399 g/mol. The number of rotatable bonds is 7. The summed E-state index contributed by atoms with van der Waals surface area (Å²) in [6.07, 6.45) is 0. The lowest BCUT2D eigenvalue weighted by Crippen LogP contribution is -2.20. The second-order valence-electron chi connectivity index (χ2n) is 6.95. The van der Waals surface area contributed by atoms with Gasteiger partial charge in [-0.25, -0.2) is 0 Å². The molecule has 1 heterocycles. The van der Waals surface area contributed by atoms with Crippen LogP contribution < -0.4 is 14.9 Å². The topological polar surface area (TPSA) is 55.2 Å². The summed E-state index contributed by atoms with van der Waals surface area (Å²) >= 11 is 0. The van der Waals surface area contributed by atoms with Crippen molar-refractivity contribution < 1.29 is 9.47 Å². The van der Waals surface area contributed by atoms with E-state index in [-0.39, 0.29) is 5.92 Å². The molecule has 0 radical (unpaired) electrons. The highest BCUT2D eigenvalue weighted by Gasteiger charge is 2.29. The predicted molar refractivity (Wildman–Crippen MR) is 122 cm³/mol. The van der Waals surface area contributed by atoms with Crippen molar-refractivity contribution in [3.05, 3.63) is 90.0 Å². The fourth-order valence-corrected chi connectivity index (χ4v) is 3.50. The molecular weight excluding hydrogens is 374 g/mol. The Bertz CT molecular complexity index is 1030. The quantitative estimate of drug-likeness (QED) is 0.559. The first-order valence-electron chi connectivity index (χ1n) is 10.1. The van der Waals surface area contributed by atoms with Crippen LogP contribution in [0.1, 0.15) is 24.0 Å². The number of hydrogen-bond acceptors (Lipinski definition) is 5. The fraction of sp³-hybridized carbons (Fsp3) is 0.200. The summed E-state index contributed by atoms with van der Waals surface area (Å²) in [7, 11) is 1.67. The lowest BCUT2D eigenvalue weighted by Gasteiger charge is -2.14. The van der Waals surface area contributed by atoms with Crippen molar-refractivity contribution >= 4 is 17.1 Å². The standard InChI is InChI=1S/C25H25N3O2/c1-3-30-22-15-11-20(12-16-22)27-28-25-23(18-7-5-4-6-8-18)17-26-24(25)19-9-13-21(29-2)14-10-19/h4-16,23,27H,3,17H2,1-2H3. The van der Waals surface area contributed by atoms with E-state index in [0.717, 1.165) is 34.2 Å². The number of benzene rings is 3. The van der Waals surface area contributed by atoms with Gasteiger partial charge in [0, 0.05) is 11.5 Å². The third-order valence-electron chi connectivity index (χ3n) is 5.04. The molecule has 0 spiro atoms. The Labute approximate surface area is 177 Å². The molecule has 4 rings (SSSR count). The molecule has 3 aromatic rings. The van der Waals surface area contributed by atoms with Gasteiger partial charge >= 0.3 is 0 Å². The number of hydrogen-bond donors (Lipinski definition) is 1. The number of anilines is 1. The molecule has 0 saturated heterocycles. The van der Waals surface area contributed by atoms with E-state index in [4.69, 9.17) is 19.6 Å². The van der Waals surface area contributed by atoms with Crippen LogP contribution >= 0.6 is 0 Å². The molecule has 152 valence electrons. The van der Waals surface area contributed by atoms with Crippen molar-refractivity contribution in [1.29, 1.82) is 0 Å². The van der Waals surface area contributed by atoms with E-state index < -0.39 is 0 Å². The van der Waals surface area contributed by atoms with Gasteiger partial charge in [0.05, 0.1) is 37.4 Å². The SMILES string of the molecule is CCOc1ccc(NN=C2C(c3ccc(OC)cc3)=NCC2c2ccccc2)cc1. The Hall–Kier alpha value is -3.60. The molecule has 3 aromatic carbocycles. The van der Waals surface area contributed by atoms with Crippen molar-refractivity contribution in [2.24, 2.45) is 10.1 Å². The molecular formula is C25H25N3O2. The Balaban J connectivity index is 1.63. The van der Waals surface area contributed by atoms with Crippen molar-refractivity contribution in [3.63, 3.8) is 0 Å². The van der Waals surface area contributed by atoms with Gasteiger partial charge < -0.3 is 9.47 Å². The minimum atomic E-state index is 0.110. The van der Waals surface area contributed by atoms with Crippen molar-refractivity contribution in [1.82, 2.24) is 0 Å². The summed E-state index contributed by atoms with van der Waals surface area (Å²) in [4.78, 5) is 4.84. The minimum Gasteiger partial charge on any atom is -0.497 e. The van der Waals surface area contributed by atoms with E-state index in [1.165, 1.54) is 5.56 Å². The second kappa shape index (κ2) is 9.27. The van der Waals surface area contributed by atoms with Crippen LogP contribution in [-0.4, -0.2) is 31.7 Å². The number of nitrogens with one attached hydrogen (secondary N) is 1. The maximum Gasteiger partial charge on any atom is 0.119 e. The summed E-state index contributed by atoms with van der Waals surface area (Å²) in [5, 5.41) is 4.79. The number of hydrazone groups is 1. The first-order valence-corrected chi connectivity index (χ1v) is 10.1. The fourth-order valence-electron chi connectivity index (χ4n) is 3.50. The highest BCUT2D eigenvalue weighted by atomic mass is 16.5. The lowest BCUT2D eigenvalue weighted by atomic mass is 9.92. The van der Waals surface area contributed by atoms with Crippen molar-refractivity contribution in [2.45, 2.75) is 12.8 Å². The number of aliphatic imine (C=N–C) groups is 1. The molecule has 0 saturated carbocycles. The molecule has 5 nitrogen and oxygen atoms in total. The predicted octanol–water partition coefficient (Wildman–Crippen LogP) is 5.15. The Morgan fingerprint density at radius 2 is 1.63 bits per heavy atom. The molecule has 5 heteroatoms. The summed E-state index contributed by atoms with van der Waals surface area (Å²) in [6, 6.07) is 26.1. The molecule has 0 amide bonds. The maximum atomic E-state index is 5.51. The molecule has 1 N–H and O–H groups in total. The van der Waals surface area contributed by atoms with Crippen LogP contribution in [0.4, 0.5) is 5.69 Å². The number of methoxy groups -OCH3 is 1. The maximum absolute atomic E-state index is 5.51. The molecule has 0 bridgehead atoms. The van der Waals surface area contributed by atoms with Gasteiger partial charge in [-0.15, -0.1) is 0 Å². The first-order chi connectivity index (χ1) is 14.8. The van der Waals surface area contributed by atoms with Gasteiger partial charge in [0.2, 0.25) is 0 Å². The number of ether oxygens (including phenoxy) is 2. The molecule has 1 unspecified atom stereocenters. The summed E-state index contributed by atoms with van der Waals surface area (Å²) in [5.74, 6) is 1.78. The van der Waals surface area contributed by atoms with Crippen LogP contribution in [0.15, 0.2) is 89.0 Å². The first kappa shape index (κ1) is 19.7. The van der Waals surface area contributed by atoms with E-state index >= 15 is 0 Å². The monoisotopic (exact) mass is 399 g/mol. The Morgan fingerprint density at radius 1 is 0.933 bits per heavy atom. The van der Waals surface area contributed by atoms with Gasteiger partial charge in [-0.3, -0.25) is 10.4 Å². The van der Waals surface area contributed by atoms with Crippen LogP contribution in [0.2, 0.25) is 0 Å². The molecule has 0 aliphatic carbocycles. The molecule has 0 fully saturated rings. The van der Waals surface area contributed by atoms with Gasteiger partial charge in [0.25, 0.3) is 0 Å². The minimum absolute atomic E-state index is 0.110. The molecule has 30 heavy (non-hydrogen) atoms. The van der Waals surface area contributed by atoms with Crippen LogP contribution in [0.5, 0.6) is 11.5 Å². The zero-order valence-electron chi connectivity index (χ0n) is 17.2. The average Bonchev–Trinajstić information content (AvgIpc) is 3.23. The third-order valence-corrected chi connectivity index (χ3v) is 5.04. The van der Waals surface area contributed by atoms with E-state index in [1.54, 1.807) is 7.11 Å².